The SMILES string of the molecule is CSCCC1NC2(C(=O)Nc3ccccc32)C2C(=O)N(c3c(C)cccc3C)C(=O)C12. The van der Waals surface area contributed by atoms with Crippen LogP contribution in [-0.4, -0.2) is 35.8 Å². The Hall–Kier alpha value is -2.64. The summed E-state index contributed by atoms with van der Waals surface area (Å²) in [5.41, 5.74) is 2.64. The molecule has 2 aromatic carbocycles. The number of aryl methyl sites for hydroxylation is 2. The summed E-state index contributed by atoms with van der Waals surface area (Å²) in [6.45, 7) is 3.82. The molecule has 0 aliphatic carbocycles. The van der Waals surface area contributed by atoms with E-state index in [0.29, 0.717) is 17.8 Å². The molecule has 0 saturated carbocycles. The number of nitrogens with zero attached hydrogens (tertiary/aromatic N) is 1. The third-order valence-corrected chi connectivity index (χ3v) is 7.56. The third kappa shape index (κ3) is 2.66. The van der Waals surface area contributed by atoms with Crippen LogP contribution in [0, 0.1) is 25.7 Å². The van der Waals surface area contributed by atoms with E-state index in [1.165, 1.54) is 4.90 Å². The third-order valence-electron chi connectivity index (χ3n) is 6.92. The first kappa shape index (κ1) is 20.3. The van der Waals surface area contributed by atoms with Crippen molar-refractivity contribution in [1.29, 1.82) is 0 Å². The minimum atomic E-state index is -1.22. The molecule has 2 aromatic rings. The lowest BCUT2D eigenvalue weighted by Gasteiger charge is -2.30. The van der Waals surface area contributed by atoms with Gasteiger partial charge in [-0.15, -0.1) is 0 Å². The van der Waals surface area contributed by atoms with E-state index < -0.39 is 17.4 Å². The molecule has 0 radical (unpaired) electrons. The topological polar surface area (TPSA) is 78.5 Å². The van der Waals surface area contributed by atoms with Crippen LogP contribution in [0.3, 0.4) is 0 Å². The Labute approximate surface area is 185 Å². The molecular weight excluding hydrogens is 410 g/mol. The number of rotatable bonds is 4. The van der Waals surface area contributed by atoms with Gasteiger partial charge in [0.25, 0.3) is 0 Å². The van der Waals surface area contributed by atoms with Crippen molar-refractivity contribution in [1.82, 2.24) is 5.32 Å². The number of imide groups is 1. The number of nitrogens with one attached hydrogen (secondary N) is 2. The summed E-state index contributed by atoms with van der Waals surface area (Å²) < 4.78 is 0. The molecule has 3 amide bonds. The number of carbonyl (C=O) groups excluding carboxylic acids is 3. The fourth-order valence-corrected chi connectivity index (χ4v) is 6.12. The van der Waals surface area contributed by atoms with E-state index in [-0.39, 0.29) is 23.8 Å². The number of hydrogen-bond donors (Lipinski definition) is 2. The number of thioether (sulfide) groups is 1. The summed E-state index contributed by atoms with van der Waals surface area (Å²) >= 11 is 1.69. The predicted molar refractivity (Wildman–Crippen MR) is 122 cm³/mol. The molecule has 3 aliphatic rings. The van der Waals surface area contributed by atoms with Crippen molar-refractivity contribution in [3.63, 3.8) is 0 Å². The van der Waals surface area contributed by atoms with Crippen molar-refractivity contribution in [2.75, 3.05) is 22.2 Å². The van der Waals surface area contributed by atoms with Gasteiger partial charge in [0.15, 0.2) is 0 Å². The van der Waals surface area contributed by atoms with Crippen molar-refractivity contribution in [2.24, 2.45) is 11.8 Å². The van der Waals surface area contributed by atoms with Gasteiger partial charge in [-0.25, -0.2) is 4.90 Å². The second-order valence-electron chi connectivity index (χ2n) is 8.60. The molecule has 160 valence electrons. The Morgan fingerprint density at radius 3 is 2.42 bits per heavy atom. The number of carbonyl (C=O) groups is 3. The maximum Gasteiger partial charge on any atom is 0.250 e. The van der Waals surface area contributed by atoms with E-state index in [2.05, 4.69) is 10.6 Å². The smallest absolute Gasteiger partial charge is 0.250 e. The Balaban J connectivity index is 1.68. The molecule has 6 nitrogen and oxygen atoms in total. The largest absolute Gasteiger partial charge is 0.324 e. The van der Waals surface area contributed by atoms with Gasteiger partial charge in [-0.1, -0.05) is 36.4 Å². The molecule has 5 rings (SSSR count). The minimum Gasteiger partial charge on any atom is -0.324 e. The standard InChI is InChI=1S/C24H25N3O3S/c1-13-7-6-8-14(2)20(13)27-21(28)18-17(11-12-31-3)26-24(19(18)22(27)29)15-9-4-5-10-16(15)25-23(24)30/h4-10,17-19,26H,11-12H2,1-3H3,(H,25,30). The first-order chi connectivity index (χ1) is 14.9. The highest BCUT2D eigenvalue weighted by Gasteiger charge is 2.70. The van der Waals surface area contributed by atoms with Gasteiger partial charge in [-0.3, -0.25) is 19.7 Å². The molecule has 31 heavy (non-hydrogen) atoms. The number of hydrogen-bond acceptors (Lipinski definition) is 5. The van der Waals surface area contributed by atoms with Gasteiger partial charge in [0.2, 0.25) is 17.7 Å². The van der Waals surface area contributed by atoms with Gasteiger partial charge in [0.1, 0.15) is 5.54 Å². The van der Waals surface area contributed by atoms with Crippen LogP contribution in [0.25, 0.3) is 0 Å². The maximum absolute atomic E-state index is 13.9. The first-order valence-electron chi connectivity index (χ1n) is 10.5. The van der Waals surface area contributed by atoms with E-state index in [4.69, 9.17) is 0 Å². The van der Waals surface area contributed by atoms with Crippen LogP contribution in [0.5, 0.6) is 0 Å². The molecule has 1 spiro atoms. The second-order valence-corrected chi connectivity index (χ2v) is 9.58. The van der Waals surface area contributed by atoms with E-state index >= 15 is 0 Å². The van der Waals surface area contributed by atoms with Crippen molar-refractivity contribution >= 4 is 40.9 Å². The number of amides is 3. The monoisotopic (exact) mass is 435 g/mol. The van der Waals surface area contributed by atoms with Crippen LogP contribution in [-0.2, 0) is 19.9 Å². The Bertz CT molecular complexity index is 1100. The van der Waals surface area contributed by atoms with E-state index in [9.17, 15) is 14.4 Å². The lowest BCUT2D eigenvalue weighted by molar-refractivity contribution is -0.130. The average Bonchev–Trinajstić information content (AvgIpc) is 3.32. The molecule has 7 heteroatoms. The van der Waals surface area contributed by atoms with Gasteiger partial charge in [0.05, 0.1) is 17.5 Å². The summed E-state index contributed by atoms with van der Waals surface area (Å²) in [6, 6.07) is 13.0. The lowest BCUT2D eigenvalue weighted by atomic mass is 9.76. The van der Waals surface area contributed by atoms with Crippen LogP contribution in [0.1, 0.15) is 23.1 Å². The number of benzene rings is 2. The molecule has 2 fully saturated rings. The van der Waals surface area contributed by atoms with Crippen LogP contribution in [0.15, 0.2) is 42.5 Å². The van der Waals surface area contributed by atoms with Crippen LogP contribution in [0.2, 0.25) is 0 Å². The zero-order chi connectivity index (χ0) is 21.9. The molecule has 4 atom stereocenters. The summed E-state index contributed by atoms with van der Waals surface area (Å²) in [6.07, 6.45) is 2.73. The van der Waals surface area contributed by atoms with Gasteiger partial charge in [-0.05, 0) is 49.5 Å². The molecule has 0 aromatic heterocycles. The van der Waals surface area contributed by atoms with Crippen LogP contribution >= 0.6 is 11.8 Å². The lowest BCUT2D eigenvalue weighted by Crippen LogP contribution is -2.53. The fourth-order valence-electron chi connectivity index (χ4n) is 5.63. The van der Waals surface area contributed by atoms with E-state index in [0.717, 1.165) is 22.4 Å². The van der Waals surface area contributed by atoms with Gasteiger partial charge < -0.3 is 5.32 Å². The van der Waals surface area contributed by atoms with Crippen LogP contribution < -0.4 is 15.5 Å². The molecule has 3 aliphatic heterocycles. The quantitative estimate of drug-likeness (QED) is 0.722. The van der Waals surface area contributed by atoms with Crippen molar-refractivity contribution in [3.05, 3.63) is 59.2 Å². The van der Waals surface area contributed by atoms with Gasteiger partial charge in [0, 0.05) is 17.3 Å². The van der Waals surface area contributed by atoms with Crippen molar-refractivity contribution in [3.8, 4) is 0 Å². The first-order valence-corrected chi connectivity index (χ1v) is 11.9. The number of anilines is 2. The molecule has 2 saturated heterocycles. The average molecular weight is 436 g/mol. The Morgan fingerprint density at radius 2 is 1.71 bits per heavy atom. The van der Waals surface area contributed by atoms with Gasteiger partial charge >= 0.3 is 0 Å². The van der Waals surface area contributed by atoms with Crippen molar-refractivity contribution in [2.45, 2.75) is 31.8 Å². The highest BCUT2D eigenvalue weighted by Crippen LogP contribution is 2.54. The summed E-state index contributed by atoms with van der Waals surface area (Å²) in [5.74, 6) is -1.26. The molecule has 4 unspecified atom stereocenters. The summed E-state index contributed by atoms with van der Waals surface area (Å²) in [7, 11) is 0. The zero-order valence-electron chi connectivity index (χ0n) is 17.8. The molecule has 2 N–H and O–H groups in total. The van der Waals surface area contributed by atoms with E-state index in [1.807, 2.05) is 62.6 Å². The van der Waals surface area contributed by atoms with Crippen LogP contribution in [0.4, 0.5) is 11.4 Å². The second kappa shape index (κ2) is 7.21. The van der Waals surface area contributed by atoms with Crippen molar-refractivity contribution < 1.29 is 14.4 Å². The highest BCUT2D eigenvalue weighted by atomic mass is 32.2. The maximum atomic E-state index is 13.9. The Morgan fingerprint density at radius 1 is 1.00 bits per heavy atom. The normalized spacial score (nSPS) is 28.9. The summed E-state index contributed by atoms with van der Waals surface area (Å²) in [5, 5.41) is 6.42. The Kier molecular flexibility index (Phi) is 4.71. The number of fused-ring (bicyclic) bond motifs is 4. The molecule has 0 bridgehead atoms. The molecular formula is C24H25N3O3S. The summed E-state index contributed by atoms with van der Waals surface area (Å²) in [4.78, 5) is 42.4. The fraction of sp³-hybridized carbons (Fsp3) is 0.375. The predicted octanol–water partition coefficient (Wildman–Crippen LogP) is 2.98. The van der Waals surface area contributed by atoms with E-state index in [1.54, 1.807) is 11.8 Å². The van der Waals surface area contributed by atoms with Gasteiger partial charge in [-0.2, -0.15) is 11.8 Å². The minimum absolute atomic E-state index is 0.208. The molecule has 3 heterocycles. The number of para-hydroxylation sites is 2. The zero-order valence-corrected chi connectivity index (χ0v) is 18.6. The highest BCUT2D eigenvalue weighted by molar-refractivity contribution is 7.98.